The molecule has 0 radical (unpaired) electrons. The van der Waals surface area contributed by atoms with Gasteiger partial charge in [-0.05, 0) is 38.3 Å². The maximum absolute atomic E-state index is 6.58. The Morgan fingerprint density at radius 2 is 1.52 bits per heavy atom. The average molecular weight is 291 g/mol. The number of hydrogen-bond acceptors (Lipinski definition) is 3. The maximum Gasteiger partial charge on any atom is 0.161 e. The molecule has 118 valence electrons. The Morgan fingerprint density at radius 1 is 0.952 bits per heavy atom. The highest BCUT2D eigenvalue weighted by atomic mass is 16.5. The van der Waals surface area contributed by atoms with E-state index in [0.717, 1.165) is 30.8 Å². The predicted octanol–water partition coefficient (Wildman–Crippen LogP) is 4.30. The number of nitrogens with two attached hydrogens (primary N) is 1. The number of para-hydroxylation sites is 2. The molecule has 3 nitrogen and oxygen atoms in total. The molecular formula is C18H29NO2. The molecule has 0 saturated heterocycles. The van der Waals surface area contributed by atoms with Crippen LogP contribution in [0, 0.1) is 0 Å². The summed E-state index contributed by atoms with van der Waals surface area (Å²) >= 11 is 0. The molecule has 1 aromatic carbocycles. The molecule has 21 heavy (non-hydrogen) atoms. The van der Waals surface area contributed by atoms with Gasteiger partial charge in [0.2, 0.25) is 0 Å². The van der Waals surface area contributed by atoms with Crippen LogP contribution in [0.25, 0.3) is 0 Å². The largest absolute Gasteiger partial charge is 0.490 e. The number of benzene rings is 1. The average Bonchev–Trinajstić information content (AvgIpc) is 2.46. The molecule has 0 unspecified atom stereocenters. The fraction of sp³-hybridized carbons (Fsp3) is 0.667. The lowest BCUT2D eigenvalue weighted by Gasteiger charge is -2.31. The highest BCUT2D eigenvalue weighted by molar-refractivity contribution is 5.39. The standard InChI is InChI=1S/C18H29NO2/c1-2-20-16-10-6-7-11-17(16)21-15-14-18(19)12-8-4-3-5-9-13-18/h6-7,10-11H,2-5,8-9,12-15,19H2,1H3. The van der Waals surface area contributed by atoms with Crippen molar-refractivity contribution in [2.75, 3.05) is 13.2 Å². The lowest BCUT2D eigenvalue weighted by atomic mass is 9.82. The Morgan fingerprint density at radius 3 is 2.14 bits per heavy atom. The summed E-state index contributed by atoms with van der Waals surface area (Å²) in [5, 5.41) is 0. The van der Waals surface area contributed by atoms with Crippen LogP contribution in [-0.2, 0) is 0 Å². The van der Waals surface area contributed by atoms with Crippen molar-refractivity contribution >= 4 is 0 Å². The van der Waals surface area contributed by atoms with E-state index >= 15 is 0 Å². The molecule has 1 aliphatic rings. The van der Waals surface area contributed by atoms with Crippen LogP contribution in [0.4, 0.5) is 0 Å². The van der Waals surface area contributed by atoms with Gasteiger partial charge in [0.25, 0.3) is 0 Å². The second-order valence-corrected chi connectivity index (χ2v) is 6.11. The molecular weight excluding hydrogens is 262 g/mol. The predicted molar refractivity (Wildman–Crippen MR) is 87.0 cm³/mol. The van der Waals surface area contributed by atoms with E-state index < -0.39 is 0 Å². The van der Waals surface area contributed by atoms with Crippen molar-refractivity contribution in [2.24, 2.45) is 5.73 Å². The first kappa shape index (κ1) is 16.2. The SMILES string of the molecule is CCOc1ccccc1OCCC1(N)CCCCCCC1. The van der Waals surface area contributed by atoms with Crippen molar-refractivity contribution in [3.63, 3.8) is 0 Å². The molecule has 0 amide bonds. The second kappa shape index (κ2) is 8.28. The molecule has 1 aliphatic carbocycles. The molecule has 0 aromatic heterocycles. The molecule has 0 heterocycles. The van der Waals surface area contributed by atoms with Gasteiger partial charge in [0.1, 0.15) is 0 Å². The first-order valence-electron chi connectivity index (χ1n) is 8.37. The quantitative estimate of drug-likeness (QED) is 0.850. The van der Waals surface area contributed by atoms with E-state index in [1.54, 1.807) is 0 Å². The van der Waals surface area contributed by atoms with Crippen molar-refractivity contribution in [1.82, 2.24) is 0 Å². The van der Waals surface area contributed by atoms with Crippen molar-refractivity contribution in [3.05, 3.63) is 24.3 Å². The topological polar surface area (TPSA) is 44.5 Å². The third-order valence-electron chi connectivity index (χ3n) is 4.36. The highest BCUT2D eigenvalue weighted by Crippen LogP contribution is 2.29. The monoisotopic (exact) mass is 291 g/mol. The van der Waals surface area contributed by atoms with Crippen LogP contribution in [0.1, 0.15) is 58.3 Å². The van der Waals surface area contributed by atoms with E-state index in [1.807, 2.05) is 31.2 Å². The summed E-state index contributed by atoms with van der Waals surface area (Å²) in [5.74, 6) is 1.65. The molecule has 0 aliphatic heterocycles. The minimum Gasteiger partial charge on any atom is -0.490 e. The summed E-state index contributed by atoms with van der Waals surface area (Å²) in [6, 6.07) is 7.86. The molecule has 1 aromatic rings. The molecule has 0 atom stereocenters. The van der Waals surface area contributed by atoms with Crippen LogP contribution in [-0.4, -0.2) is 18.8 Å². The Bertz CT molecular complexity index is 411. The van der Waals surface area contributed by atoms with Gasteiger partial charge < -0.3 is 15.2 Å². The molecule has 3 heteroatoms. The number of rotatable bonds is 6. The summed E-state index contributed by atoms with van der Waals surface area (Å²) < 4.78 is 11.5. The summed E-state index contributed by atoms with van der Waals surface area (Å²) in [6.07, 6.45) is 9.72. The van der Waals surface area contributed by atoms with Gasteiger partial charge in [-0.1, -0.05) is 44.2 Å². The van der Waals surface area contributed by atoms with Crippen LogP contribution in [0.2, 0.25) is 0 Å². The van der Waals surface area contributed by atoms with E-state index in [9.17, 15) is 0 Å². The van der Waals surface area contributed by atoms with Crippen LogP contribution < -0.4 is 15.2 Å². The van der Waals surface area contributed by atoms with Gasteiger partial charge in [-0.25, -0.2) is 0 Å². The second-order valence-electron chi connectivity index (χ2n) is 6.11. The fourth-order valence-electron chi connectivity index (χ4n) is 3.07. The lowest BCUT2D eigenvalue weighted by molar-refractivity contribution is 0.216. The first-order valence-corrected chi connectivity index (χ1v) is 8.37. The van der Waals surface area contributed by atoms with Crippen LogP contribution in [0.15, 0.2) is 24.3 Å². The van der Waals surface area contributed by atoms with Crippen molar-refractivity contribution < 1.29 is 9.47 Å². The van der Waals surface area contributed by atoms with E-state index in [0.29, 0.717) is 13.2 Å². The summed E-state index contributed by atoms with van der Waals surface area (Å²) in [6.45, 7) is 3.31. The lowest BCUT2D eigenvalue weighted by Crippen LogP contribution is -2.41. The highest BCUT2D eigenvalue weighted by Gasteiger charge is 2.25. The maximum atomic E-state index is 6.58. The third-order valence-corrected chi connectivity index (χ3v) is 4.36. The normalized spacial score (nSPS) is 18.6. The van der Waals surface area contributed by atoms with Crippen molar-refractivity contribution in [1.29, 1.82) is 0 Å². The van der Waals surface area contributed by atoms with Crippen LogP contribution in [0.3, 0.4) is 0 Å². The van der Waals surface area contributed by atoms with Gasteiger partial charge in [-0.3, -0.25) is 0 Å². The summed E-state index contributed by atoms with van der Waals surface area (Å²) in [5.41, 5.74) is 6.54. The molecule has 1 fully saturated rings. The fourth-order valence-corrected chi connectivity index (χ4v) is 3.07. The van der Waals surface area contributed by atoms with Crippen molar-refractivity contribution in [2.45, 2.75) is 63.8 Å². The van der Waals surface area contributed by atoms with Gasteiger partial charge in [-0.15, -0.1) is 0 Å². The smallest absolute Gasteiger partial charge is 0.161 e. The Balaban J connectivity index is 1.85. The minimum absolute atomic E-state index is 0.0407. The zero-order chi connectivity index (χ0) is 15.0. The third kappa shape index (κ3) is 5.24. The van der Waals surface area contributed by atoms with Crippen LogP contribution >= 0.6 is 0 Å². The Kier molecular flexibility index (Phi) is 6.37. The summed E-state index contributed by atoms with van der Waals surface area (Å²) in [7, 11) is 0. The van der Waals surface area contributed by atoms with Crippen LogP contribution in [0.5, 0.6) is 11.5 Å². The number of hydrogen-bond donors (Lipinski definition) is 1. The first-order chi connectivity index (χ1) is 10.2. The van der Waals surface area contributed by atoms with Crippen molar-refractivity contribution in [3.8, 4) is 11.5 Å². The van der Waals surface area contributed by atoms with Gasteiger partial charge in [-0.2, -0.15) is 0 Å². The molecule has 0 spiro atoms. The Hall–Kier alpha value is -1.22. The van der Waals surface area contributed by atoms with E-state index in [-0.39, 0.29) is 5.54 Å². The van der Waals surface area contributed by atoms with E-state index in [4.69, 9.17) is 15.2 Å². The van der Waals surface area contributed by atoms with Gasteiger partial charge in [0, 0.05) is 5.54 Å². The zero-order valence-electron chi connectivity index (χ0n) is 13.3. The molecule has 1 saturated carbocycles. The van der Waals surface area contributed by atoms with E-state index in [1.165, 1.54) is 32.1 Å². The molecule has 2 N–H and O–H groups in total. The summed E-state index contributed by atoms with van der Waals surface area (Å²) in [4.78, 5) is 0. The Labute approximate surface area is 128 Å². The molecule has 2 rings (SSSR count). The van der Waals surface area contributed by atoms with Gasteiger partial charge in [0.15, 0.2) is 11.5 Å². The van der Waals surface area contributed by atoms with E-state index in [2.05, 4.69) is 0 Å². The minimum atomic E-state index is -0.0407. The van der Waals surface area contributed by atoms with Gasteiger partial charge >= 0.3 is 0 Å². The van der Waals surface area contributed by atoms with Gasteiger partial charge in [0.05, 0.1) is 13.2 Å². The zero-order valence-corrected chi connectivity index (χ0v) is 13.3. The molecule has 0 bridgehead atoms. The number of ether oxygens (including phenoxy) is 2.